The second kappa shape index (κ2) is 7.49. The SMILES string of the molecule is NCc1ccc(C2=C(c3ccc(CS(=O)[O-])c(Cl)c3)COC2=O)cc1. The van der Waals surface area contributed by atoms with Gasteiger partial charge in [0, 0.05) is 22.9 Å². The predicted molar refractivity (Wildman–Crippen MR) is 96.2 cm³/mol. The molecule has 0 amide bonds. The van der Waals surface area contributed by atoms with Gasteiger partial charge in [-0.1, -0.05) is 59.1 Å². The summed E-state index contributed by atoms with van der Waals surface area (Å²) in [6, 6.07) is 12.5. The molecule has 1 atom stereocenters. The zero-order valence-corrected chi connectivity index (χ0v) is 14.7. The highest BCUT2D eigenvalue weighted by molar-refractivity contribution is 7.78. The summed E-state index contributed by atoms with van der Waals surface area (Å²) in [5, 5.41) is 0.339. The van der Waals surface area contributed by atoms with E-state index in [0.717, 1.165) is 22.3 Å². The van der Waals surface area contributed by atoms with Crippen LogP contribution >= 0.6 is 11.6 Å². The molecule has 1 aliphatic rings. The quantitative estimate of drug-likeness (QED) is 0.639. The maximum Gasteiger partial charge on any atom is 0.339 e. The lowest BCUT2D eigenvalue weighted by Gasteiger charge is -2.10. The van der Waals surface area contributed by atoms with Gasteiger partial charge in [-0.2, -0.15) is 0 Å². The van der Waals surface area contributed by atoms with Crippen molar-refractivity contribution in [3.05, 3.63) is 69.7 Å². The Hall–Kier alpha value is -1.99. The standard InChI is InChI=1S/C18H16ClNO4S/c19-16-7-13(5-6-14(16)10-25(22)23)15-9-24-18(21)17(15)12-3-1-11(8-20)2-4-12/h1-7H,8-10,20H2,(H,22,23)/p-1. The van der Waals surface area contributed by atoms with Gasteiger partial charge in [-0.05, 0) is 28.3 Å². The number of cyclic esters (lactones) is 1. The molecule has 3 rings (SSSR count). The number of hydrogen-bond acceptors (Lipinski definition) is 5. The van der Waals surface area contributed by atoms with E-state index in [1.807, 2.05) is 24.3 Å². The largest absolute Gasteiger partial charge is 0.772 e. The van der Waals surface area contributed by atoms with Gasteiger partial charge >= 0.3 is 5.97 Å². The van der Waals surface area contributed by atoms with E-state index < -0.39 is 17.0 Å². The number of benzene rings is 2. The zero-order chi connectivity index (χ0) is 18.0. The Balaban J connectivity index is 2.03. The minimum atomic E-state index is -2.22. The van der Waals surface area contributed by atoms with E-state index in [9.17, 15) is 13.6 Å². The molecule has 1 unspecified atom stereocenters. The zero-order valence-electron chi connectivity index (χ0n) is 13.2. The van der Waals surface area contributed by atoms with E-state index >= 15 is 0 Å². The topological polar surface area (TPSA) is 92.5 Å². The molecule has 2 N–H and O–H groups in total. The Morgan fingerprint density at radius 1 is 1.16 bits per heavy atom. The average Bonchev–Trinajstić information content (AvgIpc) is 2.98. The minimum absolute atomic E-state index is 0.149. The number of hydrogen-bond donors (Lipinski definition) is 1. The van der Waals surface area contributed by atoms with Gasteiger partial charge in [-0.3, -0.25) is 4.21 Å². The third kappa shape index (κ3) is 3.82. The molecule has 0 aromatic heterocycles. The Labute approximate surface area is 152 Å². The molecule has 7 heteroatoms. The molecule has 0 spiro atoms. The summed E-state index contributed by atoms with van der Waals surface area (Å²) in [7, 11) is 0. The van der Waals surface area contributed by atoms with Gasteiger partial charge in [-0.15, -0.1) is 0 Å². The Morgan fingerprint density at radius 2 is 1.84 bits per heavy atom. The van der Waals surface area contributed by atoms with Crippen molar-refractivity contribution in [1.29, 1.82) is 0 Å². The summed E-state index contributed by atoms with van der Waals surface area (Å²) < 4.78 is 26.9. The van der Waals surface area contributed by atoms with Crippen LogP contribution in [0.2, 0.25) is 5.02 Å². The fourth-order valence-corrected chi connectivity index (χ4v) is 3.54. The summed E-state index contributed by atoms with van der Waals surface area (Å²) in [4.78, 5) is 12.2. The van der Waals surface area contributed by atoms with Crippen molar-refractivity contribution in [3.8, 4) is 0 Å². The smallest absolute Gasteiger partial charge is 0.339 e. The van der Waals surface area contributed by atoms with Crippen molar-refractivity contribution < 1.29 is 18.3 Å². The molecule has 5 nitrogen and oxygen atoms in total. The van der Waals surface area contributed by atoms with Gasteiger partial charge in [0.15, 0.2) is 0 Å². The molecular weight excluding hydrogens is 362 g/mol. The average molecular weight is 377 g/mol. The van der Waals surface area contributed by atoms with Crippen LogP contribution in [0.5, 0.6) is 0 Å². The second-order valence-electron chi connectivity index (χ2n) is 5.59. The van der Waals surface area contributed by atoms with Crippen LogP contribution in [-0.2, 0) is 32.9 Å². The molecule has 2 aromatic rings. The van der Waals surface area contributed by atoms with Crippen LogP contribution in [0.3, 0.4) is 0 Å². The molecule has 0 saturated carbocycles. The maximum absolute atomic E-state index is 12.2. The molecule has 1 heterocycles. The number of nitrogens with two attached hydrogens (primary N) is 1. The normalized spacial score (nSPS) is 15.4. The number of ether oxygens (including phenoxy) is 1. The van der Waals surface area contributed by atoms with Crippen LogP contribution in [0, 0.1) is 0 Å². The number of esters is 1. The highest BCUT2D eigenvalue weighted by Crippen LogP contribution is 2.34. The highest BCUT2D eigenvalue weighted by Gasteiger charge is 2.27. The van der Waals surface area contributed by atoms with Crippen molar-refractivity contribution in [1.82, 2.24) is 0 Å². The molecule has 0 saturated heterocycles. The highest BCUT2D eigenvalue weighted by atomic mass is 35.5. The fourth-order valence-electron chi connectivity index (χ4n) is 2.71. The maximum atomic E-state index is 12.2. The van der Waals surface area contributed by atoms with Crippen LogP contribution in [0.4, 0.5) is 0 Å². The molecule has 0 bridgehead atoms. The second-order valence-corrected chi connectivity index (χ2v) is 6.89. The summed E-state index contributed by atoms with van der Waals surface area (Å²) >= 11 is 3.97. The predicted octanol–water partition coefficient (Wildman–Crippen LogP) is 2.65. The molecule has 25 heavy (non-hydrogen) atoms. The number of carbonyl (C=O) groups is 1. The fraction of sp³-hybridized carbons (Fsp3) is 0.167. The van der Waals surface area contributed by atoms with Gasteiger partial charge in [0.05, 0.1) is 5.57 Å². The first-order valence-corrected chi connectivity index (χ1v) is 9.16. The lowest BCUT2D eigenvalue weighted by molar-refractivity contribution is -0.133. The summed E-state index contributed by atoms with van der Waals surface area (Å²) in [6.45, 7) is 0.574. The van der Waals surface area contributed by atoms with Crippen LogP contribution < -0.4 is 5.73 Å². The molecule has 0 fully saturated rings. The van der Waals surface area contributed by atoms with Crippen LogP contribution in [-0.4, -0.2) is 21.3 Å². The van der Waals surface area contributed by atoms with Crippen LogP contribution in [0.1, 0.15) is 22.3 Å². The number of halogens is 1. The summed E-state index contributed by atoms with van der Waals surface area (Å²) in [6.07, 6.45) is 0. The van der Waals surface area contributed by atoms with Crippen molar-refractivity contribution in [2.24, 2.45) is 5.73 Å². The Morgan fingerprint density at radius 3 is 2.44 bits per heavy atom. The van der Waals surface area contributed by atoms with Crippen molar-refractivity contribution in [3.63, 3.8) is 0 Å². The van der Waals surface area contributed by atoms with Crippen molar-refractivity contribution in [2.75, 3.05) is 6.61 Å². The number of rotatable bonds is 5. The van der Waals surface area contributed by atoms with Crippen LogP contribution in [0.25, 0.3) is 11.1 Å². The lowest BCUT2D eigenvalue weighted by Crippen LogP contribution is -2.00. The monoisotopic (exact) mass is 376 g/mol. The third-order valence-corrected chi connectivity index (χ3v) is 4.91. The van der Waals surface area contributed by atoms with Gasteiger partial charge in [-0.25, -0.2) is 4.79 Å². The van der Waals surface area contributed by atoms with Crippen molar-refractivity contribution in [2.45, 2.75) is 12.3 Å². The van der Waals surface area contributed by atoms with E-state index in [1.54, 1.807) is 18.2 Å². The minimum Gasteiger partial charge on any atom is -0.772 e. The summed E-state index contributed by atoms with van der Waals surface area (Å²) in [5.74, 6) is -0.544. The van der Waals surface area contributed by atoms with E-state index in [4.69, 9.17) is 22.1 Å². The Kier molecular flexibility index (Phi) is 5.34. The number of carbonyl (C=O) groups excluding carboxylic acids is 1. The first-order valence-electron chi connectivity index (χ1n) is 7.54. The summed E-state index contributed by atoms with van der Waals surface area (Å²) in [5.41, 5.74) is 9.77. The van der Waals surface area contributed by atoms with Gasteiger partial charge in [0.2, 0.25) is 0 Å². The third-order valence-electron chi connectivity index (χ3n) is 4.01. The van der Waals surface area contributed by atoms with Gasteiger partial charge in [0.1, 0.15) is 6.61 Å². The molecule has 1 aliphatic heterocycles. The Bertz CT molecular complexity index is 877. The van der Waals surface area contributed by atoms with E-state index in [0.29, 0.717) is 22.7 Å². The first kappa shape index (κ1) is 17.8. The van der Waals surface area contributed by atoms with Crippen molar-refractivity contribution >= 4 is 39.8 Å². The first-order chi connectivity index (χ1) is 12.0. The molecule has 2 aromatic carbocycles. The molecule has 0 radical (unpaired) electrons. The molecule has 130 valence electrons. The van der Waals surface area contributed by atoms with E-state index in [1.165, 1.54) is 0 Å². The van der Waals surface area contributed by atoms with Gasteiger partial charge < -0.3 is 15.0 Å². The van der Waals surface area contributed by atoms with E-state index in [-0.39, 0.29) is 12.4 Å². The molecular formula is C18H15ClNO4S-. The lowest BCUT2D eigenvalue weighted by atomic mass is 9.95. The molecule has 0 aliphatic carbocycles. The van der Waals surface area contributed by atoms with Gasteiger partial charge in [0.25, 0.3) is 0 Å². The van der Waals surface area contributed by atoms with Crippen LogP contribution in [0.15, 0.2) is 42.5 Å². The van der Waals surface area contributed by atoms with E-state index in [2.05, 4.69) is 0 Å².